The molecule has 0 radical (unpaired) electrons. The molecule has 0 bridgehead atoms. The van der Waals surface area contributed by atoms with Crippen molar-refractivity contribution < 1.29 is 9.47 Å². The van der Waals surface area contributed by atoms with Crippen LogP contribution in [0.25, 0.3) is 0 Å². The van der Waals surface area contributed by atoms with E-state index in [9.17, 15) is 0 Å². The minimum absolute atomic E-state index is 0.0115. The third-order valence-electron chi connectivity index (χ3n) is 5.48. The maximum Gasteiger partial charge on any atom is 0.209 e. The second kappa shape index (κ2) is 7.37. The summed E-state index contributed by atoms with van der Waals surface area (Å²) >= 11 is 0. The van der Waals surface area contributed by atoms with Gasteiger partial charge in [-0.3, -0.25) is 0 Å². The average molecular weight is 339 g/mol. The Morgan fingerprint density at radius 2 is 1.65 bits per heavy atom. The Hall–Kier alpha value is -0.843. The summed E-state index contributed by atoms with van der Waals surface area (Å²) in [5.74, 6) is 3.53. The smallest absolute Gasteiger partial charge is 0.209 e. The standard InChI is InChI=1S/C18H34N2O2Si/c1-8-13-10-23(6,7)11-14(13)9-15-17(21-4)20-16(12(2)3)18(19-15)22-5/h12-16H,8-11H2,1-7H3. The van der Waals surface area contributed by atoms with E-state index in [1.807, 2.05) is 0 Å². The Balaban J connectivity index is 2.18. The molecule has 5 heteroatoms. The van der Waals surface area contributed by atoms with Crippen LogP contribution in [0.4, 0.5) is 0 Å². The highest BCUT2D eigenvalue weighted by Crippen LogP contribution is 2.44. The van der Waals surface area contributed by atoms with Crippen molar-refractivity contribution in [3.63, 3.8) is 0 Å². The lowest BCUT2D eigenvalue weighted by atomic mass is 9.87. The first kappa shape index (κ1) is 18.5. The van der Waals surface area contributed by atoms with Crippen LogP contribution in [0.3, 0.4) is 0 Å². The summed E-state index contributed by atoms with van der Waals surface area (Å²) in [6, 6.07) is 2.88. The summed E-state index contributed by atoms with van der Waals surface area (Å²) in [5, 5.41) is 0. The van der Waals surface area contributed by atoms with Crippen LogP contribution in [-0.4, -0.2) is 46.2 Å². The maximum absolute atomic E-state index is 5.61. The predicted molar refractivity (Wildman–Crippen MR) is 100 cm³/mol. The highest BCUT2D eigenvalue weighted by molar-refractivity contribution is 6.78. The van der Waals surface area contributed by atoms with Crippen LogP contribution in [0.1, 0.15) is 33.6 Å². The minimum Gasteiger partial charge on any atom is -0.483 e. The molecule has 0 aliphatic carbocycles. The normalized spacial score (nSPS) is 33.4. The fourth-order valence-electron chi connectivity index (χ4n) is 4.39. The Kier molecular flexibility index (Phi) is 5.92. The van der Waals surface area contributed by atoms with E-state index in [0.717, 1.165) is 30.1 Å². The van der Waals surface area contributed by atoms with Gasteiger partial charge in [0, 0.05) is 8.07 Å². The summed E-state index contributed by atoms with van der Waals surface area (Å²) in [4.78, 5) is 9.70. The lowest BCUT2D eigenvalue weighted by Crippen LogP contribution is -2.38. The van der Waals surface area contributed by atoms with Gasteiger partial charge in [-0.2, -0.15) is 0 Å². The quantitative estimate of drug-likeness (QED) is 0.720. The molecule has 4 atom stereocenters. The van der Waals surface area contributed by atoms with Gasteiger partial charge in [0.05, 0.1) is 14.2 Å². The van der Waals surface area contributed by atoms with Gasteiger partial charge in [-0.1, -0.05) is 52.4 Å². The van der Waals surface area contributed by atoms with Crippen LogP contribution >= 0.6 is 0 Å². The maximum atomic E-state index is 5.61. The Labute approximate surface area is 142 Å². The predicted octanol–water partition coefficient (Wildman–Crippen LogP) is 4.24. The molecule has 0 aromatic heterocycles. The molecule has 0 amide bonds. The first-order valence-electron chi connectivity index (χ1n) is 9.04. The van der Waals surface area contributed by atoms with Gasteiger partial charge in [0.25, 0.3) is 0 Å². The molecule has 4 unspecified atom stereocenters. The van der Waals surface area contributed by atoms with Crippen LogP contribution in [0, 0.1) is 17.8 Å². The van der Waals surface area contributed by atoms with E-state index in [1.54, 1.807) is 14.2 Å². The monoisotopic (exact) mass is 338 g/mol. The molecule has 0 aromatic rings. The van der Waals surface area contributed by atoms with Gasteiger partial charge in [0.1, 0.15) is 12.1 Å². The van der Waals surface area contributed by atoms with Crippen LogP contribution in [-0.2, 0) is 9.47 Å². The van der Waals surface area contributed by atoms with Gasteiger partial charge in [0.15, 0.2) is 0 Å². The number of aliphatic imine (C=N–C) groups is 2. The average Bonchev–Trinajstić information content (AvgIpc) is 2.80. The lowest BCUT2D eigenvalue weighted by Gasteiger charge is -2.29. The SMILES string of the molecule is CCC1C[Si](C)(C)CC1CC1N=C(OC)C(C(C)C)N=C1OC. The van der Waals surface area contributed by atoms with E-state index < -0.39 is 8.07 Å². The molecular formula is C18H34N2O2Si. The van der Waals surface area contributed by atoms with Gasteiger partial charge >= 0.3 is 0 Å². The highest BCUT2D eigenvalue weighted by Gasteiger charge is 2.42. The number of nitrogens with zero attached hydrogens (tertiary/aromatic N) is 2. The Bertz CT molecular complexity index is 474. The van der Waals surface area contributed by atoms with Crippen molar-refractivity contribution in [1.82, 2.24) is 0 Å². The summed E-state index contributed by atoms with van der Waals surface area (Å²) in [6.07, 6.45) is 2.34. The summed E-state index contributed by atoms with van der Waals surface area (Å²) in [7, 11) is 2.41. The first-order valence-corrected chi connectivity index (χ1v) is 12.5. The van der Waals surface area contributed by atoms with Crippen molar-refractivity contribution in [2.45, 2.75) is 70.9 Å². The van der Waals surface area contributed by atoms with Gasteiger partial charge in [-0.25, -0.2) is 9.98 Å². The molecule has 1 fully saturated rings. The molecule has 0 N–H and O–H groups in total. The zero-order chi connectivity index (χ0) is 17.2. The molecule has 0 spiro atoms. The molecule has 2 aliphatic rings. The Morgan fingerprint density at radius 3 is 2.17 bits per heavy atom. The van der Waals surface area contributed by atoms with E-state index in [2.05, 4.69) is 33.9 Å². The third kappa shape index (κ3) is 4.17. The molecule has 2 heterocycles. The number of methoxy groups -OCH3 is 2. The minimum atomic E-state index is -1.02. The van der Waals surface area contributed by atoms with Crippen molar-refractivity contribution in [2.24, 2.45) is 27.7 Å². The zero-order valence-corrected chi connectivity index (χ0v) is 16.9. The van der Waals surface area contributed by atoms with E-state index in [0.29, 0.717) is 5.92 Å². The first-order chi connectivity index (χ1) is 10.8. The van der Waals surface area contributed by atoms with Crippen LogP contribution in [0.15, 0.2) is 9.98 Å². The van der Waals surface area contributed by atoms with Crippen molar-refractivity contribution >= 4 is 19.9 Å². The molecule has 0 saturated carbocycles. The zero-order valence-electron chi connectivity index (χ0n) is 15.9. The van der Waals surface area contributed by atoms with Crippen molar-refractivity contribution in [3.8, 4) is 0 Å². The second-order valence-corrected chi connectivity index (χ2v) is 13.4. The van der Waals surface area contributed by atoms with Crippen molar-refractivity contribution in [1.29, 1.82) is 0 Å². The van der Waals surface area contributed by atoms with E-state index in [-0.39, 0.29) is 12.1 Å². The molecule has 1 saturated heterocycles. The topological polar surface area (TPSA) is 43.2 Å². The number of ether oxygens (including phenoxy) is 2. The largest absolute Gasteiger partial charge is 0.483 e. The van der Waals surface area contributed by atoms with Gasteiger partial charge in [0.2, 0.25) is 11.8 Å². The number of hydrogen-bond acceptors (Lipinski definition) is 4. The van der Waals surface area contributed by atoms with Crippen LogP contribution < -0.4 is 0 Å². The van der Waals surface area contributed by atoms with E-state index >= 15 is 0 Å². The molecule has 23 heavy (non-hydrogen) atoms. The Morgan fingerprint density at radius 1 is 1.04 bits per heavy atom. The summed E-state index contributed by atoms with van der Waals surface area (Å²) < 4.78 is 11.1. The molecule has 2 aliphatic heterocycles. The molecular weight excluding hydrogens is 304 g/mol. The fraction of sp³-hybridized carbons (Fsp3) is 0.889. The fourth-order valence-corrected chi connectivity index (χ4v) is 8.52. The van der Waals surface area contributed by atoms with Gasteiger partial charge in [-0.15, -0.1) is 0 Å². The molecule has 0 aromatic carbocycles. The third-order valence-corrected chi connectivity index (χ3v) is 8.74. The van der Waals surface area contributed by atoms with Crippen LogP contribution in [0.2, 0.25) is 25.2 Å². The highest BCUT2D eigenvalue weighted by atomic mass is 28.3. The van der Waals surface area contributed by atoms with Gasteiger partial charge < -0.3 is 9.47 Å². The van der Waals surface area contributed by atoms with Gasteiger partial charge in [-0.05, 0) is 24.2 Å². The molecule has 132 valence electrons. The van der Waals surface area contributed by atoms with Crippen molar-refractivity contribution in [3.05, 3.63) is 0 Å². The lowest BCUT2D eigenvalue weighted by molar-refractivity contribution is 0.308. The van der Waals surface area contributed by atoms with E-state index in [4.69, 9.17) is 19.5 Å². The molecule has 4 nitrogen and oxygen atoms in total. The second-order valence-electron chi connectivity index (χ2n) is 8.28. The summed E-state index contributed by atoms with van der Waals surface area (Å²) in [6.45, 7) is 11.7. The summed E-state index contributed by atoms with van der Waals surface area (Å²) in [5.41, 5.74) is 0. The number of rotatable bonds is 4. The van der Waals surface area contributed by atoms with Crippen LogP contribution in [0.5, 0.6) is 0 Å². The molecule has 2 rings (SSSR count). The number of hydrogen-bond donors (Lipinski definition) is 0. The van der Waals surface area contributed by atoms with E-state index in [1.165, 1.54) is 18.5 Å². The van der Waals surface area contributed by atoms with Crippen molar-refractivity contribution in [2.75, 3.05) is 14.2 Å².